The topological polar surface area (TPSA) is 79.9 Å². The zero-order valence-corrected chi connectivity index (χ0v) is 14.9. The zero-order valence-electron chi connectivity index (χ0n) is 14.9. The van der Waals surface area contributed by atoms with E-state index in [4.69, 9.17) is 9.47 Å². The molecule has 1 saturated heterocycles. The minimum Gasteiger partial charge on any atom is -0.490 e. The van der Waals surface area contributed by atoms with Gasteiger partial charge in [0.25, 0.3) is 5.91 Å². The Labute approximate surface area is 157 Å². The second kappa shape index (κ2) is 7.57. The first-order valence-corrected chi connectivity index (χ1v) is 9.02. The van der Waals surface area contributed by atoms with Gasteiger partial charge in [-0.1, -0.05) is 0 Å². The molecule has 2 aliphatic heterocycles. The number of benzene rings is 2. The molecule has 0 spiro atoms. The number of ether oxygens (including phenoxy) is 2. The van der Waals surface area contributed by atoms with Crippen LogP contribution in [0.3, 0.4) is 0 Å². The summed E-state index contributed by atoms with van der Waals surface area (Å²) in [4.78, 5) is 26.1. The molecule has 7 heteroatoms. The monoisotopic (exact) mass is 367 g/mol. The number of anilines is 2. The van der Waals surface area contributed by atoms with Crippen molar-refractivity contribution in [3.63, 3.8) is 0 Å². The molecule has 7 nitrogen and oxygen atoms in total. The number of hydrogen-bond donors (Lipinski definition) is 2. The number of piperazine rings is 1. The average Bonchev–Trinajstić information content (AvgIpc) is 2.93. The number of nitrogens with zero attached hydrogens (tertiary/aromatic N) is 1. The molecular weight excluding hydrogens is 346 g/mol. The first-order valence-electron chi connectivity index (χ1n) is 9.02. The molecule has 0 aliphatic carbocycles. The van der Waals surface area contributed by atoms with E-state index in [1.165, 1.54) is 0 Å². The number of fused-ring (bicyclic) bond motifs is 1. The summed E-state index contributed by atoms with van der Waals surface area (Å²) in [5.41, 5.74) is 2.16. The Kier molecular flexibility index (Phi) is 4.82. The van der Waals surface area contributed by atoms with Crippen LogP contribution in [0.25, 0.3) is 0 Å². The fraction of sp³-hybridized carbons (Fsp3) is 0.300. The number of carbonyl (C=O) groups is 2. The minimum absolute atomic E-state index is 0.0213. The van der Waals surface area contributed by atoms with Gasteiger partial charge in [-0.15, -0.1) is 0 Å². The SMILES string of the molecule is O=C1CN(c2ccc(NC(=O)c3ccc4c(c3)OCCCO4)cc2)CCN1. The lowest BCUT2D eigenvalue weighted by atomic mass is 10.1. The molecule has 0 atom stereocenters. The van der Waals surface area contributed by atoms with Gasteiger partial charge >= 0.3 is 0 Å². The van der Waals surface area contributed by atoms with E-state index in [2.05, 4.69) is 10.6 Å². The Bertz CT molecular complexity index is 851. The summed E-state index contributed by atoms with van der Waals surface area (Å²) in [7, 11) is 0. The molecule has 0 radical (unpaired) electrons. The van der Waals surface area contributed by atoms with E-state index in [0.29, 0.717) is 49.1 Å². The number of carbonyl (C=O) groups excluding carboxylic acids is 2. The molecular formula is C20H21N3O4. The van der Waals surface area contributed by atoms with Crippen LogP contribution in [0.5, 0.6) is 11.5 Å². The molecule has 2 aliphatic rings. The molecule has 0 aromatic heterocycles. The minimum atomic E-state index is -0.212. The highest BCUT2D eigenvalue weighted by Crippen LogP contribution is 2.30. The number of hydrogen-bond acceptors (Lipinski definition) is 5. The van der Waals surface area contributed by atoms with E-state index in [1.54, 1.807) is 18.2 Å². The second-order valence-electron chi connectivity index (χ2n) is 6.48. The molecule has 4 rings (SSSR count). The highest BCUT2D eigenvalue weighted by atomic mass is 16.5. The lowest BCUT2D eigenvalue weighted by Crippen LogP contribution is -2.47. The van der Waals surface area contributed by atoms with Crippen LogP contribution in [0, 0.1) is 0 Å². The Balaban J connectivity index is 1.43. The number of rotatable bonds is 3. The summed E-state index contributed by atoms with van der Waals surface area (Å²) in [5.74, 6) is 1.07. The van der Waals surface area contributed by atoms with Crippen molar-refractivity contribution in [3.05, 3.63) is 48.0 Å². The van der Waals surface area contributed by atoms with Crippen molar-refractivity contribution in [2.75, 3.05) is 43.1 Å². The Morgan fingerprint density at radius 1 is 1.04 bits per heavy atom. The van der Waals surface area contributed by atoms with Crippen molar-refractivity contribution in [2.24, 2.45) is 0 Å². The predicted octanol–water partition coefficient (Wildman–Crippen LogP) is 2.04. The Morgan fingerprint density at radius 2 is 1.81 bits per heavy atom. The molecule has 2 N–H and O–H groups in total. The lowest BCUT2D eigenvalue weighted by molar-refractivity contribution is -0.120. The average molecular weight is 367 g/mol. The second-order valence-corrected chi connectivity index (χ2v) is 6.48. The summed E-state index contributed by atoms with van der Waals surface area (Å²) >= 11 is 0. The van der Waals surface area contributed by atoms with Crippen LogP contribution in [0.4, 0.5) is 11.4 Å². The molecule has 2 aromatic carbocycles. The van der Waals surface area contributed by atoms with Gasteiger partial charge in [-0.25, -0.2) is 0 Å². The smallest absolute Gasteiger partial charge is 0.255 e. The zero-order chi connectivity index (χ0) is 18.6. The van der Waals surface area contributed by atoms with E-state index >= 15 is 0 Å². The first kappa shape index (κ1) is 17.2. The maximum atomic E-state index is 12.5. The largest absolute Gasteiger partial charge is 0.490 e. The Hall–Kier alpha value is -3.22. The maximum absolute atomic E-state index is 12.5. The van der Waals surface area contributed by atoms with Gasteiger partial charge in [-0.2, -0.15) is 0 Å². The van der Waals surface area contributed by atoms with Crippen LogP contribution >= 0.6 is 0 Å². The predicted molar refractivity (Wildman–Crippen MR) is 102 cm³/mol. The summed E-state index contributed by atoms with van der Waals surface area (Å²) < 4.78 is 11.2. The number of nitrogens with one attached hydrogen (secondary N) is 2. The lowest BCUT2D eigenvalue weighted by Gasteiger charge is -2.28. The van der Waals surface area contributed by atoms with Gasteiger partial charge in [0.1, 0.15) is 0 Å². The van der Waals surface area contributed by atoms with Crippen molar-refractivity contribution >= 4 is 23.2 Å². The van der Waals surface area contributed by atoms with E-state index in [-0.39, 0.29) is 11.8 Å². The third-order valence-corrected chi connectivity index (χ3v) is 4.54. The van der Waals surface area contributed by atoms with Crippen molar-refractivity contribution in [2.45, 2.75) is 6.42 Å². The van der Waals surface area contributed by atoms with Crippen LogP contribution in [-0.2, 0) is 4.79 Å². The van der Waals surface area contributed by atoms with Crippen LogP contribution in [0.2, 0.25) is 0 Å². The molecule has 0 bridgehead atoms. The fourth-order valence-electron chi connectivity index (χ4n) is 3.12. The maximum Gasteiger partial charge on any atom is 0.255 e. The molecule has 27 heavy (non-hydrogen) atoms. The quantitative estimate of drug-likeness (QED) is 0.868. The summed E-state index contributed by atoms with van der Waals surface area (Å²) in [6, 6.07) is 12.7. The van der Waals surface area contributed by atoms with Crippen LogP contribution < -0.4 is 25.0 Å². The van der Waals surface area contributed by atoms with Crippen molar-refractivity contribution in [1.29, 1.82) is 0 Å². The van der Waals surface area contributed by atoms with Gasteiger partial charge in [-0.05, 0) is 42.5 Å². The third-order valence-electron chi connectivity index (χ3n) is 4.54. The van der Waals surface area contributed by atoms with Crippen LogP contribution in [0.15, 0.2) is 42.5 Å². The number of amides is 2. The highest BCUT2D eigenvalue weighted by Gasteiger charge is 2.17. The molecule has 2 aromatic rings. The molecule has 2 amide bonds. The standard InChI is InChI=1S/C20H21N3O4/c24-19-13-23(9-8-21-19)16-5-3-15(4-6-16)22-20(25)14-2-7-17-18(12-14)27-11-1-10-26-17/h2-7,12H,1,8-11,13H2,(H,21,24)(H,22,25). The molecule has 0 unspecified atom stereocenters. The summed E-state index contributed by atoms with van der Waals surface area (Å²) in [5, 5.41) is 5.69. The Morgan fingerprint density at radius 3 is 2.59 bits per heavy atom. The third kappa shape index (κ3) is 3.97. The fourth-order valence-corrected chi connectivity index (χ4v) is 3.12. The van der Waals surface area contributed by atoms with Crippen LogP contribution in [0.1, 0.15) is 16.8 Å². The van der Waals surface area contributed by atoms with Crippen molar-refractivity contribution in [1.82, 2.24) is 5.32 Å². The highest BCUT2D eigenvalue weighted by molar-refractivity contribution is 6.04. The van der Waals surface area contributed by atoms with E-state index in [0.717, 1.165) is 18.7 Å². The normalized spacial score (nSPS) is 16.3. The van der Waals surface area contributed by atoms with Gasteiger partial charge in [-0.3, -0.25) is 9.59 Å². The van der Waals surface area contributed by atoms with Gasteiger partial charge in [0.15, 0.2) is 11.5 Å². The summed E-state index contributed by atoms with van der Waals surface area (Å²) in [6.45, 7) is 2.95. The summed E-state index contributed by atoms with van der Waals surface area (Å²) in [6.07, 6.45) is 0.821. The first-order chi connectivity index (χ1) is 13.2. The van der Waals surface area contributed by atoms with Gasteiger partial charge in [0.05, 0.1) is 19.8 Å². The van der Waals surface area contributed by atoms with Crippen LogP contribution in [-0.4, -0.2) is 44.7 Å². The van der Waals surface area contributed by atoms with Gasteiger partial charge in [0, 0.05) is 36.4 Å². The molecule has 140 valence electrons. The van der Waals surface area contributed by atoms with Gasteiger partial charge in [0.2, 0.25) is 5.91 Å². The van der Waals surface area contributed by atoms with E-state index in [9.17, 15) is 9.59 Å². The molecule has 1 fully saturated rings. The molecule has 2 heterocycles. The molecule has 0 saturated carbocycles. The van der Waals surface area contributed by atoms with E-state index < -0.39 is 0 Å². The van der Waals surface area contributed by atoms with Crippen molar-refractivity contribution in [3.8, 4) is 11.5 Å². The van der Waals surface area contributed by atoms with Crippen molar-refractivity contribution < 1.29 is 19.1 Å². The van der Waals surface area contributed by atoms with E-state index in [1.807, 2.05) is 29.2 Å². The van der Waals surface area contributed by atoms with Gasteiger partial charge < -0.3 is 25.0 Å².